The summed E-state index contributed by atoms with van der Waals surface area (Å²) in [5.41, 5.74) is 0.777. The summed E-state index contributed by atoms with van der Waals surface area (Å²) in [5, 5.41) is 10.5. The van der Waals surface area contributed by atoms with Crippen molar-refractivity contribution in [1.29, 1.82) is 0 Å². The third kappa shape index (κ3) is 2.97. The molecule has 0 aliphatic carbocycles. The number of hydrogen-bond donors (Lipinski definition) is 1. The van der Waals surface area contributed by atoms with Crippen LogP contribution < -0.4 is 0 Å². The molecular weight excluding hydrogens is 243 g/mol. The van der Waals surface area contributed by atoms with E-state index in [9.17, 15) is 9.50 Å². The van der Waals surface area contributed by atoms with E-state index in [4.69, 9.17) is 16.3 Å². The van der Waals surface area contributed by atoms with Crippen LogP contribution in [0.2, 0.25) is 5.02 Å². The predicted octanol–water partition coefficient (Wildman–Crippen LogP) is 2.81. The van der Waals surface area contributed by atoms with E-state index < -0.39 is 6.10 Å². The molecule has 1 aliphatic heterocycles. The normalized spacial score (nSPS) is 26.1. The molecule has 3 unspecified atom stereocenters. The van der Waals surface area contributed by atoms with Gasteiger partial charge < -0.3 is 9.84 Å². The Morgan fingerprint density at radius 3 is 2.94 bits per heavy atom. The maximum Gasteiger partial charge on any atom is 0.124 e. The Bertz CT molecular complexity index is 397. The fraction of sp³-hybridized carbons (Fsp3) is 0.538. The van der Waals surface area contributed by atoms with Crippen LogP contribution in [0.4, 0.5) is 4.39 Å². The minimum atomic E-state index is -0.490. The highest BCUT2D eigenvalue weighted by Crippen LogP contribution is 2.27. The molecule has 2 nitrogen and oxygen atoms in total. The average molecular weight is 259 g/mol. The monoisotopic (exact) mass is 258 g/mol. The molecule has 0 aromatic heterocycles. The first kappa shape index (κ1) is 12.8. The van der Waals surface area contributed by atoms with Crippen molar-refractivity contribution in [1.82, 2.24) is 0 Å². The van der Waals surface area contributed by atoms with Crippen molar-refractivity contribution >= 4 is 11.6 Å². The highest BCUT2D eigenvalue weighted by molar-refractivity contribution is 6.31. The van der Waals surface area contributed by atoms with E-state index in [0.717, 1.165) is 12.0 Å². The Balaban J connectivity index is 2.04. The van der Waals surface area contributed by atoms with E-state index in [-0.39, 0.29) is 17.8 Å². The van der Waals surface area contributed by atoms with Gasteiger partial charge in [-0.3, -0.25) is 0 Å². The molecule has 0 bridgehead atoms. The minimum Gasteiger partial charge on any atom is -0.392 e. The van der Waals surface area contributed by atoms with E-state index in [1.807, 2.05) is 6.92 Å². The summed E-state index contributed by atoms with van der Waals surface area (Å²) >= 11 is 5.93. The second kappa shape index (κ2) is 5.34. The lowest BCUT2D eigenvalue weighted by atomic mass is 9.91. The maximum atomic E-state index is 12.9. The van der Waals surface area contributed by atoms with Crippen LogP contribution in [0.15, 0.2) is 18.2 Å². The SMILES string of the molecule is CC1OCCC1C(O)Cc1ccc(F)cc1Cl. The number of ether oxygens (including phenoxy) is 1. The van der Waals surface area contributed by atoms with Crippen molar-refractivity contribution in [3.63, 3.8) is 0 Å². The quantitative estimate of drug-likeness (QED) is 0.903. The van der Waals surface area contributed by atoms with Gasteiger partial charge in [0.15, 0.2) is 0 Å². The lowest BCUT2D eigenvalue weighted by molar-refractivity contribution is 0.0441. The molecule has 94 valence electrons. The Hall–Kier alpha value is -0.640. The summed E-state index contributed by atoms with van der Waals surface area (Å²) in [4.78, 5) is 0. The smallest absolute Gasteiger partial charge is 0.124 e. The van der Waals surface area contributed by atoms with E-state index >= 15 is 0 Å². The van der Waals surface area contributed by atoms with Gasteiger partial charge in [-0.25, -0.2) is 4.39 Å². The number of aliphatic hydroxyl groups is 1. The average Bonchev–Trinajstić information content (AvgIpc) is 2.68. The number of benzene rings is 1. The third-order valence-corrected chi connectivity index (χ3v) is 3.73. The Morgan fingerprint density at radius 2 is 2.35 bits per heavy atom. The number of halogens is 2. The lowest BCUT2D eigenvalue weighted by Crippen LogP contribution is -2.28. The molecule has 1 N–H and O–H groups in total. The zero-order chi connectivity index (χ0) is 12.4. The van der Waals surface area contributed by atoms with Gasteiger partial charge in [0.05, 0.1) is 12.2 Å². The molecule has 0 spiro atoms. The molecule has 1 heterocycles. The Labute approximate surface area is 105 Å². The molecule has 1 fully saturated rings. The molecule has 1 aromatic rings. The summed E-state index contributed by atoms with van der Waals surface area (Å²) in [7, 11) is 0. The molecular formula is C13H16ClFO2. The van der Waals surface area contributed by atoms with Crippen molar-refractivity contribution < 1.29 is 14.2 Å². The van der Waals surface area contributed by atoms with Crippen LogP contribution in [0.1, 0.15) is 18.9 Å². The summed E-state index contributed by atoms with van der Waals surface area (Å²) in [6.07, 6.45) is 0.887. The number of hydrogen-bond acceptors (Lipinski definition) is 2. The first-order chi connectivity index (χ1) is 8.08. The molecule has 2 rings (SSSR count). The zero-order valence-corrected chi connectivity index (χ0v) is 10.5. The molecule has 17 heavy (non-hydrogen) atoms. The van der Waals surface area contributed by atoms with Gasteiger partial charge in [0.25, 0.3) is 0 Å². The fourth-order valence-electron chi connectivity index (χ4n) is 2.32. The van der Waals surface area contributed by atoms with Gasteiger partial charge >= 0.3 is 0 Å². The topological polar surface area (TPSA) is 29.5 Å². The fourth-order valence-corrected chi connectivity index (χ4v) is 2.56. The van der Waals surface area contributed by atoms with Crippen LogP contribution in [0.25, 0.3) is 0 Å². The molecule has 1 aromatic carbocycles. The summed E-state index contributed by atoms with van der Waals surface area (Å²) in [6, 6.07) is 4.27. The van der Waals surface area contributed by atoms with Gasteiger partial charge in [0, 0.05) is 24.0 Å². The van der Waals surface area contributed by atoms with Crippen molar-refractivity contribution in [2.45, 2.75) is 32.0 Å². The molecule has 0 amide bonds. The van der Waals surface area contributed by atoms with Crippen molar-refractivity contribution in [2.24, 2.45) is 5.92 Å². The highest BCUT2D eigenvalue weighted by Gasteiger charge is 2.30. The summed E-state index contributed by atoms with van der Waals surface area (Å²) in [5.74, 6) is -0.220. The zero-order valence-electron chi connectivity index (χ0n) is 9.70. The van der Waals surface area contributed by atoms with Crippen molar-refractivity contribution in [3.8, 4) is 0 Å². The van der Waals surface area contributed by atoms with Crippen molar-refractivity contribution in [2.75, 3.05) is 6.61 Å². The van der Waals surface area contributed by atoms with Gasteiger partial charge in [0.2, 0.25) is 0 Å². The van der Waals surface area contributed by atoms with Crippen LogP contribution in [0.5, 0.6) is 0 Å². The molecule has 0 saturated carbocycles. The van der Waals surface area contributed by atoms with Gasteiger partial charge in [-0.05, 0) is 31.0 Å². The predicted molar refractivity (Wildman–Crippen MR) is 64.6 cm³/mol. The Morgan fingerprint density at radius 1 is 1.59 bits per heavy atom. The van der Waals surface area contributed by atoms with Crippen LogP contribution >= 0.6 is 11.6 Å². The van der Waals surface area contributed by atoms with Crippen LogP contribution in [0, 0.1) is 11.7 Å². The number of aliphatic hydroxyl groups excluding tert-OH is 1. The highest BCUT2D eigenvalue weighted by atomic mass is 35.5. The van der Waals surface area contributed by atoms with E-state index in [2.05, 4.69) is 0 Å². The molecule has 3 atom stereocenters. The summed E-state index contributed by atoms with van der Waals surface area (Å²) < 4.78 is 18.3. The van der Waals surface area contributed by atoms with E-state index in [1.54, 1.807) is 6.07 Å². The largest absolute Gasteiger partial charge is 0.392 e. The maximum absolute atomic E-state index is 12.9. The summed E-state index contributed by atoms with van der Waals surface area (Å²) in [6.45, 7) is 2.66. The van der Waals surface area contributed by atoms with Crippen molar-refractivity contribution in [3.05, 3.63) is 34.6 Å². The lowest BCUT2D eigenvalue weighted by Gasteiger charge is -2.21. The number of rotatable bonds is 3. The molecule has 1 aliphatic rings. The molecule has 1 saturated heterocycles. The first-order valence-electron chi connectivity index (χ1n) is 5.81. The van der Waals surface area contributed by atoms with Crippen LogP contribution in [-0.4, -0.2) is 23.9 Å². The van der Waals surface area contributed by atoms with E-state index in [0.29, 0.717) is 18.1 Å². The first-order valence-corrected chi connectivity index (χ1v) is 6.19. The van der Waals surface area contributed by atoms with Crippen LogP contribution in [0.3, 0.4) is 0 Å². The standard InChI is InChI=1S/C13H16ClFO2/c1-8-11(4-5-17-8)13(16)6-9-2-3-10(15)7-12(9)14/h2-3,7-8,11,13,16H,4-6H2,1H3. The second-order valence-electron chi connectivity index (χ2n) is 4.54. The van der Waals surface area contributed by atoms with E-state index in [1.165, 1.54) is 12.1 Å². The van der Waals surface area contributed by atoms with Gasteiger partial charge in [-0.15, -0.1) is 0 Å². The minimum absolute atomic E-state index is 0.0734. The third-order valence-electron chi connectivity index (χ3n) is 3.37. The molecule has 0 radical (unpaired) electrons. The van der Waals surface area contributed by atoms with Crippen LogP contribution in [-0.2, 0) is 11.2 Å². The van der Waals surface area contributed by atoms with Gasteiger partial charge in [-0.1, -0.05) is 17.7 Å². The molecule has 4 heteroatoms. The van der Waals surface area contributed by atoms with Gasteiger partial charge in [-0.2, -0.15) is 0 Å². The van der Waals surface area contributed by atoms with Gasteiger partial charge in [0.1, 0.15) is 5.82 Å². The second-order valence-corrected chi connectivity index (χ2v) is 4.94. The Kier molecular flexibility index (Phi) is 4.02.